The molecule has 1 aliphatic rings. The van der Waals surface area contributed by atoms with E-state index in [0.717, 1.165) is 18.5 Å². The second-order valence-corrected chi connectivity index (χ2v) is 11.5. The van der Waals surface area contributed by atoms with Gasteiger partial charge in [-0.25, -0.2) is 13.4 Å². The molecule has 2 atom stereocenters. The van der Waals surface area contributed by atoms with Crippen LogP contribution in [-0.2, 0) is 23.5 Å². The Morgan fingerprint density at radius 3 is 2.61 bits per heavy atom. The lowest BCUT2D eigenvalue weighted by molar-refractivity contribution is 0.203. The Bertz CT molecular complexity index is 1410. The minimum absolute atomic E-state index is 0.0856. The summed E-state index contributed by atoms with van der Waals surface area (Å²) in [5.41, 5.74) is 1.74. The number of nitrogens with zero attached hydrogens (tertiary/aromatic N) is 5. The maximum atomic E-state index is 13.7. The van der Waals surface area contributed by atoms with Crippen LogP contribution in [0.1, 0.15) is 46.2 Å². The van der Waals surface area contributed by atoms with Gasteiger partial charge in [0.2, 0.25) is 10.0 Å². The molecule has 0 saturated carbocycles. The van der Waals surface area contributed by atoms with E-state index in [4.69, 9.17) is 9.72 Å². The fourth-order valence-corrected chi connectivity index (χ4v) is 6.33. The van der Waals surface area contributed by atoms with E-state index >= 15 is 0 Å². The van der Waals surface area contributed by atoms with Gasteiger partial charge in [0.1, 0.15) is 17.1 Å². The first-order valence-electron chi connectivity index (χ1n) is 12.5. The molecule has 3 aromatic rings. The molecule has 10 nitrogen and oxygen atoms in total. The SMILES string of the molecule is CCCc1nn(C)c2c(=O)[nH]c(-c3cc(S(=O)(=O)N4CCC(C)N(C)C(C)C4)ccc3OCC)nc12. The molecule has 36 heavy (non-hydrogen) atoms. The maximum absolute atomic E-state index is 13.7. The van der Waals surface area contributed by atoms with Gasteiger partial charge in [0.05, 0.1) is 22.8 Å². The molecule has 0 radical (unpaired) electrons. The molecular weight excluding hydrogens is 480 g/mol. The van der Waals surface area contributed by atoms with Gasteiger partial charge in [0, 0.05) is 32.2 Å². The van der Waals surface area contributed by atoms with Crippen LogP contribution in [0.4, 0.5) is 0 Å². The summed E-state index contributed by atoms with van der Waals surface area (Å²) in [4.78, 5) is 22.9. The van der Waals surface area contributed by atoms with Crippen LogP contribution >= 0.6 is 0 Å². The molecule has 3 heterocycles. The molecule has 196 valence electrons. The van der Waals surface area contributed by atoms with Crippen molar-refractivity contribution in [3.63, 3.8) is 0 Å². The Balaban J connectivity index is 1.84. The molecule has 0 spiro atoms. The monoisotopic (exact) mass is 516 g/mol. The zero-order chi connectivity index (χ0) is 26.2. The van der Waals surface area contributed by atoms with Gasteiger partial charge in [-0.05, 0) is 58.9 Å². The average molecular weight is 517 g/mol. The summed E-state index contributed by atoms with van der Waals surface area (Å²) in [5, 5.41) is 4.48. The van der Waals surface area contributed by atoms with Crippen LogP contribution in [0.25, 0.3) is 22.4 Å². The summed E-state index contributed by atoms with van der Waals surface area (Å²) in [7, 11) is -0.0266. The van der Waals surface area contributed by atoms with Crippen molar-refractivity contribution >= 4 is 21.1 Å². The lowest BCUT2D eigenvalue weighted by Gasteiger charge is -2.28. The van der Waals surface area contributed by atoms with Crippen molar-refractivity contribution in [1.29, 1.82) is 0 Å². The summed E-state index contributed by atoms with van der Waals surface area (Å²) in [6, 6.07) is 5.14. The third-order valence-electron chi connectivity index (χ3n) is 7.05. The zero-order valence-electron chi connectivity index (χ0n) is 21.9. The molecule has 4 rings (SSSR count). The van der Waals surface area contributed by atoms with Crippen molar-refractivity contribution in [2.45, 2.75) is 63.9 Å². The van der Waals surface area contributed by atoms with Gasteiger partial charge in [-0.2, -0.15) is 9.40 Å². The molecule has 2 unspecified atom stereocenters. The number of nitrogens with one attached hydrogen (secondary N) is 1. The smallest absolute Gasteiger partial charge is 0.277 e. The second kappa shape index (κ2) is 10.3. The van der Waals surface area contributed by atoms with Crippen LogP contribution in [0.15, 0.2) is 27.9 Å². The van der Waals surface area contributed by atoms with Crippen LogP contribution in [-0.4, -0.2) is 76.2 Å². The third kappa shape index (κ3) is 4.79. The highest BCUT2D eigenvalue weighted by Crippen LogP contribution is 2.33. The number of likely N-dealkylation sites (N-methyl/N-ethyl adjacent to an activating group) is 1. The zero-order valence-corrected chi connectivity index (χ0v) is 22.7. The molecule has 0 bridgehead atoms. The van der Waals surface area contributed by atoms with Crippen LogP contribution in [0.3, 0.4) is 0 Å². The Morgan fingerprint density at radius 2 is 1.92 bits per heavy atom. The van der Waals surface area contributed by atoms with Crippen molar-refractivity contribution < 1.29 is 13.2 Å². The van der Waals surface area contributed by atoms with E-state index in [9.17, 15) is 13.2 Å². The summed E-state index contributed by atoms with van der Waals surface area (Å²) in [5.74, 6) is 0.716. The predicted octanol–water partition coefficient (Wildman–Crippen LogP) is 2.78. The van der Waals surface area contributed by atoms with Crippen molar-refractivity contribution in [2.24, 2.45) is 7.05 Å². The number of rotatable bonds is 7. The van der Waals surface area contributed by atoms with Gasteiger partial charge < -0.3 is 9.72 Å². The number of benzene rings is 1. The van der Waals surface area contributed by atoms with E-state index in [0.29, 0.717) is 48.5 Å². The normalized spacial score (nSPS) is 20.1. The van der Waals surface area contributed by atoms with E-state index in [1.165, 1.54) is 0 Å². The van der Waals surface area contributed by atoms with Crippen molar-refractivity contribution in [3.05, 3.63) is 34.2 Å². The highest BCUT2D eigenvalue weighted by atomic mass is 32.2. The van der Waals surface area contributed by atoms with E-state index in [-0.39, 0.29) is 28.4 Å². The number of H-pyrrole nitrogens is 1. The quantitative estimate of drug-likeness (QED) is 0.514. The predicted molar refractivity (Wildman–Crippen MR) is 140 cm³/mol. The van der Waals surface area contributed by atoms with Gasteiger partial charge in [-0.15, -0.1) is 0 Å². The van der Waals surface area contributed by atoms with E-state index in [1.807, 2.05) is 27.8 Å². The van der Waals surface area contributed by atoms with Crippen molar-refractivity contribution in [2.75, 3.05) is 26.7 Å². The molecule has 11 heteroatoms. The molecule has 1 aliphatic heterocycles. The Labute approximate surface area is 212 Å². The lowest BCUT2D eigenvalue weighted by Crippen LogP contribution is -2.41. The molecule has 2 aromatic heterocycles. The topological polar surface area (TPSA) is 113 Å². The van der Waals surface area contributed by atoms with E-state index in [1.54, 1.807) is 34.2 Å². The fraction of sp³-hybridized carbons (Fsp3) is 0.560. The summed E-state index contributed by atoms with van der Waals surface area (Å²) in [6.45, 7) is 9.28. The van der Waals surface area contributed by atoms with E-state index in [2.05, 4.69) is 21.9 Å². The first-order chi connectivity index (χ1) is 17.1. The minimum atomic E-state index is -3.78. The number of hydrogen-bond donors (Lipinski definition) is 1. The first kappa shape index (κ1) is 26.3. The molecular formula is C25H36N6O4S. The van der Waals surface area contributed by atoms with Crippen LogP contribution < -0.4 is 10.3 Å². The summed E-state index contributed by atoms with van der Waals surface area (Å²) < 4.78 is 36.4. The summed E-state index contributed by atoms with van der Waals surface area (Å²) >= 11 is 0. The van der Waals surface area contributed by atoms with Gasteiger partial charge in [0.25, 0.3) is 5.56 Å². The fourth-order valence-electron chi connectivity index (χ4n) is 4.77. The number of aromatic nitrogens is 4. The second-order valence-electron chi connectivity index (χ2n) is 9.54. The highest BCUT2D eigenvalue weighted by Gasteiger charge is 2.32. The molecule has 0 amide bonds. The number of aryl methyl sites for hydroxylation is 2. The summed E-state index contributed by atoms with van der Waals surface area (Å²) in [6.07, 6.45) is 2.28. The highest BCUT2D eigenvalue weighted by molar-refractivity contribution is 7.89. The largest absolute Gasteiger partial charge is 0.493 e. The van der Waals surface area contributed by atoms with Crippen LogP contribution in [0, 0.1) is 0 Å². The standard InChI is InChI=1S/C25H36N6O4S/c1-7-9-20-22-23(30(6)28-20)25(32)27-24(26-22)19-14-18(10-11-21(19)35-8-2)36(33,34)31-13-12-16(3)29(5)17(4)15-31/h10-11,14,16-17H,7-9,12-13,15H2,1-6H3,(H,26,27,32). The van der Waals surface area contributed by atoms with Crippen molar-refractivity contribution in [3.8, 4) is 17.1 Å². The number of sulfonamides is 1. The van der Waals surface area contributed by atoms with Crippen LogP contribution in [0.5, 0.6) is 5.75 Å². The number of aromatic amines is 1. The number of ether oxygens (including phenoxy) is 1. The van der Waals surface area contributed by atoms with Crippen LogP contribution in [0.2, 0.25) is 0 Å². The Hall–Kier alpha value is -2.76. The van der Waals surface area contributed by atoms with Gasteiger partial charge in [-0.3, -0.25) is 14.4 Å². The van der Waals surface area contributed by atoms with Gasteiger partial charge in [-0.1, -0.05) is 13.3 Å². The lowest BCUT2D eigenvalue weighted by atomic mass is 10.1. The number of hydrogen-bond acceptors (Lipinski definition) is 7. The molecule has 0 aliphatic carbocycles. The third-order valence-corrected chi connectivity index (χ3v) is 8.91. The minimum Gasteiger partial charge on any atom is -0.493 e. The number of fused-ring (bicyclic) bond motifs is 1. The van der Waals surface area contributed by atoms with Gasteiger partial charge >= 0.3 is 0 Å². The van der Waals surface area contributed by atoms with Crippen molar-refractivity contribution in [1.82, 2.24) is 29.0 Å². The maximum Gasteiger partial charge on any atom is 0.277 e. The molecule has 1 aromatic carbocycles. The molecule has 1 fully saturated rings. The van der Waals surface area contributed by atoms with Gasteiger partial charge in [0.15, 0.2) is 5.52 Å². The van der Waals surface area contributed by atoms with E-state index < -0.39 is 10.0 Å². The molecule has 1 saturated heterocycles. The Kier molecular flexibility index (Phi) is 7.53. The first-order valence-corrected chi connectivity index (χ1v) is 14.0. The Morgan fingerprint density at radius 1 is 1.17 bits per heavy atom. The average Bonchev–Trinajstić information content (AvgIpc) is 3.09. The molecule has 1 N–H and O–H groups in total.